The SMILES string of the molecule is COc1cc(C(=O)NCC(=O)OCc2ccc([N+](=O)[O-])cc2)ccc1OC(F)F. The number of ether oxygens (including phenoxy) is 3. The van der Waals surface area contributed by atoms with Crippen LogP contribution < -0.4 is 14.8 Å². The molecule has 0 radical (unpaired) electrons. The largest absolute Gasteiger partial charge is 0.493 e. The van der Waals surface area contributed by atoms with Crippen LogP contribution in [0.25, 0.3) is 0 Å². The van der Waals surface area contributed by atoms with Gasteiger partial charge in [0, 0.05) is 17.7 Å². The van der Waals surface area contributed by atoms with Crippen LogP contribution in [0.1, 0.15) is 15.9 Å². The third-order valence-corrected chi connectivity index (χ3v) is 3.58. The number of amides is 1. The molecule has 9 nitrogen and oxygen atoms in total. The predicted molar refractivity (Wildman–Crippen MR) is 94.9 cm³/mol. The number of carbonyl (C=O) groups is 2. The lowest BCUT2D eigenvalue weighted by molar-refractivity contribution is -0.384. The smallest absolute Gasteiger partial charge is 0.387 e. The summed E-state index contributed by atoms with van der Waals surface area (Å²) in [7, 11) is 1.23. The van der Waals surface area contributed by atoms with E-state index < -0.39 is 30.0 Å². The Bertz CT molecular complexity index is 888. The first-order chi connectivity index (χ1) is 13.8. The van der Waals surface area contributed by atoms with Gasteiger partial charge in [0.15, 0.2) is 11.5 Å². The van der Waals surface area contributed by atoms with E-state index in [9.17, 15) is 28.5 Å². The van der Waals surface area contributed by atoms with Gasteiger partial charge in [-0.05, 0) is 35.9 Å². The van der Waals surface area contributed by atoms with Gasteiger partial charge in [0.05, 0.1) is 12.0 Å². The van der Waals surface area contributed by atoms with E-state index in [1.807, 2.05) is 0 Å². The summed E-state index contributed by atoms with van der Waals surface area (Å²) in [6.45, 7) is -3.61. The average molecular weight is 410 g/mol. The highest BCUT2D eigenvalue weighted by molar-refractivity contribution is 5.96. The molecule has 154 valence electrons. The van der Waals surface area contributed by atoms with E-state index in [2.05, 4.69) is 10.1 Å². The number of halogens is 2. The van der Waals surface area contributed by atoms with Crippen LogP contribution in [0.15, 0.2) is 42.5 Å². The number of alkyl halides is 2. The van der Waals surface area contributed by atoms with Gasteiger partial charge in [-0.1, -0.05) is 0 Å². The Balaban J connectivity index is 1.86. The number of benzene rings is 2. The lowest BCUT2D eigenvalue weighted by Crippen LogP contribution is -2.30. The zero-order valence-corrected chi connectivity index (χ0v) is 15.1. The van der Waals surface area contributed by atoms with Crippen molar-refractivity contribution in [3.63, 3.8) is 0 Å². The third-order valence-electron chi connectivity index (χ3n) is 3.58. The van der Waals surface area contributed by atoms with E-state index in [-0.39, 0.29) is 29.4 Å². The summed E-state index contributed by atoms with van der Waals surface area (Å²) in [6, 6.07) is 9.01. The zero-order chi connectivity index (χ0) is 21.4. The second-order valence-corrected chi connectivity index (χ2v) is 5.51. The minimum Gasteiger partial charge on any atom is -0.493 e. The first-order valence-corrected chi connectivity index (χ1v) is 8.10. The molecule has 2 aromatic carbocycles. The number of esters is 1. The zero-order valence-electron chi connectivity index (χ0n) is 15.1. The molecule has 0 atom stereocenters. The average Bonchev–Trinajstić information content (AvgIpc) is 2.70. The molecule has 0 unspecified atom stereocenters. The maximum atomic E-state index is 12.3. The van der Waals surface area contributed by atoms with Crippen LogP contribution in [-0.2, 0) is 16.1 Å². The molecule has 0 saturated carbocycles. The molecule has 2 rings (SSSR count). The fourth-order valence-corrected chi connectivity index (χ4v) is 2.19. The number of hydrogen-bond acceptors (Lipinski definition) is 7. The number of rotatable bonds is 9. The van der Waals surface area contributed by atoms with Crippen molar-refractivity contribution in [1.82, 2.24) is 5.32 Å². The van der Waals surface area contributed by atoms with Gasteiger partial charge in [-0.2, -0.15) is 8.78 Å². The second-order valence-electron chi connectivity index (χ2n) is 5.51. The molecular weight excluding hydrogens is 394 g/mol. The highest BCUT2D eigenvalue weighted by atomic mass is 19.3. The number of nitrogens with one attached hydrogen (secondary N) is 1. The van der Waals surface area contributed by atoms with Gasteiger partial charge in [-0.15, -0.1) is 0 Å². The molecule has 0 saturated heterocycles. The van der Waals surface area contributed by atoms with Gasteiger partial charge in [0.25, 0.3) is 11.6 Å². The van der Waals surface area contributed by atoms with E-state index in [4.69, 9.17) is 9.47 Å². The highest BCUT2D eigenvalue weighted by Crippen LogP contribution is 2.29. The summed E-state index contributed by atoms with van der Waals surface area (Å²) >= 11 is 0. The Morgan fingerprint density at radius 1 is 1.14 bits per heavy atom. The molecule has 0 fully saturated rings. The van der Waals surface area contributed by atoms with Crippen LogP contribution in [0, 0.1) is 10.1 Å². The van der Waals surface area contributed by atoms with E-state index >= 15 is 0 Å². The quantitative estimate of drug-likeness (QED) is 0.384. The molecule has 1 amide bonds. The van der Waals surface area contributed by atoms with Crippen LogP contribution >= 0.6 is 0 Å². The first-order valence-electron chi connectivity index (χ1n) is 8.10. The number of non-ortho nitro benzene ring substituents is 1. The molecule has 0 aliphatic heterocycles. The van der Waals surface area contributed by atoms with Crippen molar-refractivity contribution in [3.8, 4) is 11.5 Å². The van der Waals surface area contributed by atoms with E-state index in [0.717, 1.165) is 6.07 Å². The number of hydrogen-bond donors (Lipinski definition) is 1. The molecule has 0 aliphatic carbocycles. The van der Waals surface area contributed by atoms with Gasteiger partial charge >= 0.3 is 12.6 Å². The summed E-state index contributed by atoms with van der Waals surface area (Å²) in [5, 5.41) is 12.9. The van der Waals surface area contributed by atoms with Crippen LogP contribution in [0.2, 0.25) is 0 Å². The predicted octanol–water partition coefficient (Wildman–Crippen LogP) is 2.68. The molecule has 2 aromatic rings. The lowest BCUT2D eigenvalue weighted by Gasteiger charge is -2.11. The lowest BCUT2D eigenvalue weighted by atomic mass is 10.2. The molecule has 1 N–H and O–H groups in total. The number of nitrogens with zero attached hydrogens (tertiary/aromatic N) is 1. The van der Waals surface area contributed by atoms with Gasteiger partial charge in [-0.25, -0.2) is 0 Å². The van der Waals surface area contributed by atoms with Crippen molar-refractivity contribution in [2.75, 3.05) is 13.7 Å². The summed E-state index contributed by atoms with van der Waals surface area (Å²) in [5.41, 5.74) is 0.508. The summed E-state index contributed by atoms with van der Waals surface area (Å²) in [6.07, 6.45) is 0. The molecular formula is C18H16F2N2O7. The summed E-state index contributed by atoms with van der Waals surface area (Å²) in [4.78, 5) is 33.9. The van der Waals surface area contributed by atoms with Crippen molar-refractivity contribution < 1.29 is 37.5 Å². The van der Waals surface area contributed by atoms with Crippen LogP contribution in [0.5, 0.6) is 11.5 Å². The molecule has 0 heterocycles. The van der Waals surface area contributed by atoms with E-state index in [0.29, 0.717) is 5.56 Å². The monoisotopic (exact) mass is 410 g/mol. The maximum absolute atomic E-state index is 12.3. The summed E-state index contributed by atoms with van der Waals surface area (Å²) in [5.74, 6) is -1.69. The molecule has 0 bridgehead atoms. The van der Waals surface area contributed by atoms with Gasteiger partial charge in [0.2, 0.25) is 0 Å². The first kappa shape index (κ1) is 21.5. The van der Waals surface area contributed by atoms with Crippen LogP contribution in [0.4, 0.5) is 14.5 Å². The van der Waals surface area contributed by atoms with Crippen LogP contribution in [-0.4, -0.2) is 37.1 Å². The number of carbonyl (C=O) groups excluding carboxylic acids is 2. The van der Waals surface area contributed by atoms with Crippen molar-refractivity contribution in [2.45, 2.75) is 13.2 Å². The molecule has 0 spiro atoms. The fraction of sp³-hybridized carbons (Fsp3) is 0.222. The minimum atomic E-state index is -3.05. The van der Waals surface area contributed by atoms with Crippen molar-refractivity contribution >= 4 is 17.6 Å². The topological polar surface area (TPSA) is 117 Å². The molecule has 29 heavy (non-hydrogen) atoms. The van der Waals surface area contributed by atoms with Crippen molar-refractivity contribution in [2.24, 2.45) is 0 Å². The van der Waals surface area contributed by atoms with Crippen molar-refractivity contribution in [3.05, 3.63) is 63.7 Å². The fourth-order valence-electron chi connectivity index (χ4n) is 2.19. The van der Waals surface area contributed by atoms with Gasteiger partial charge < -0.3 is 19.5 Å². The second kappa shape index (κ2) is 9.97. The Hall–Kier alpha value is -3.76. The van der Waals surface area contributed by atoms with Crippen molar-refractivity contribution in [1.29, 1.82) is 0 Å². The highest BCUT2D eigenvalue weighted by Gasteiger charge is 2.15. The Labute approximate surface area is 163 Å². The normalized spacial score (nSPS) is 10.3. The minimum absolute atomic E-state index is 0.0617. The standard InChI is InChI=1S/C18H16F2N2O7/c1-27-15-8-12(4-7-14(15)29-18(19)20)17(24)21-9-16(23)28-10-11-2-5-13(6-3-11)22(25)26/h2-8,18H,9-10H2,1H3,(H,21,24). The maximum Gasteiger partial charge on any atom is 0.387 e. The molecule has 11 heteroatoms. The van der Waals surface area contributed by atoms with Gasteiger partial charge in [-0.3, -0.25) is 19.7 Å². The van der Waals surface area contributed by atoms with Crippen LogP contribution in [0.3, 0.4) is 0 Å². The Kier molecular flexibility index (Phi) is 7.40. The molecule has 0 aromatic heterocycles. The van der Waals surface area contributed by atoms with E-state index in [1.54, 1.807) is 0 Å². The van der Waals surface area contributed by atoms with E-state index in [1.165, 1.54) is 43.5 Å². The summed E-state index contributed by atoms with van der Waals surface area (Å²) < 4.78 is 38.8. The number of methoxy groups -OCH3 is 1. The Morgan fingerprint density at radius 3 is 2.41 bits per heavy atom. The third kappa shape index (κ3) is 6.41. The number of nitro groups is 1. The molecule has 0 aliphatic rings. The number of nitro benzene ring substituents is 1. The van der Waals surface area contributed by atoms with Gasteiger partial charge in [0.1, 0.15) is 13.2 Å². The Morgan fingerprint density at radius 2 is 1.83 bits per heavy atom.